The number of aromatic nitrogens is 1. The number of para-hydroxylation sites is 1. The van der Waals surface area contributed by atoms with Gasteiger partial charge in [-0.25, -0.2) is 0 Å². The third-order valence-corrected chi connectivity index (χ3v) is 10.4. The van der Waals surface area contributed by atoms with E-state index in [-0.39, 0.29) is 57.4 Å². The highest BCUT2D eigenvalue weighted by Crippen LogP contribution is 2.61. The molecule has 0 radical (unpaired) electrons. The molecule has 3 aliphatic rings. The molecule has 1 saturated carbocycles. The molecule has 1 N–H and O–H groups in total. The van der Waals surface area contributed by atoms with Gasteiger partial charge in [0, 0.05) is 16.0 Å². The van der Waals surface area contributed by atoms with Gasteiger partial charge in [0.25, 0.3) is 0 Å². The van der Waals surface area contributed by atoms with Crippen LogP contribution in [0.5, 0.6) is 0 Å². The molecule has 0 unspecified atom stereocenters. The lowest BCUT2D eigenvalue weighted by Gasteiger charge is -2.50. The Labute approximate surface area is 200 Å². The Kier molecular flexibility index (Phi) is 4.89. The lowest BCUT2D eigenvalue weighted by atomic mass is 9.59. The number of H-pyrrole nitrogens is 1. The second-order valence-electron chi connectivity index (χ2n) is 9.37. The summed E-state index contributed by atoms with van der Waals surface area (Å²) < 4.78 is 0. The summed E-state index contributed by atoms with van der Waals surface area (Å²) in [6, 6.07) is 19.6. The lowest BCUT2D eigenvalue weighted by molar-refractivity contribution is -0.126. The molecule has 2 amide bonds. The second-order valence-corrected chi connectivity index (χ2v) is 11.6. The fourth-order valence-electron chi connectivity index (χ4n) is 6.39. The summed E-state index contributed by atoms with van der Waals surface area (Å²) in [4.78, 5) is 45.2. The van der Waals surface area contributed by atoms with Crippen molar-refractivity contribution in [3.05, 3.63) is 80.8 Å². The van der Waals surface area contributed by atoms with Crippen molar-refractivity contribution in [3.8, 4) is 0 Å². The minimum absolute atomic E-state index is 0.00409. The standard InChI is InChI=1S/C26H24N2O3S2/c1-13-17-20(15-9-5-3-6-10-15)22-23(27-26(31)33-22)32-21(17)14(2)19-18(13)24(29)28(25(19)30)16-11-7-4-8-12-16/h3-14,17-21H,1-2H3,(H,27,31)/t13-,14-,17-,18-,19+,20-,21-/m1/s1. The molecule has 5 nitrogen and oxygen atoms in total. The fraction of sp³-hybridized carbons (Fsp3) is 0.346. The molecule has 0 bridgehead atoms. The van der Waals surface area contributed by atoms with E-state index in [4.69, 9.17) is 0 Å². The molecular formula is C26H24N2O3S2. The topological polar surface area (TPSA) is 70.2 Å². The highest BCUT2D eigenvalue weighted by Gasteiger charge is 2.62. The molecule has 7 heteroatoms. The van der Waals surface area contributed by atoms with Crippen molar-refractivity contribution in [1.29, 1.82) is 0 Å². The molecule has 3 heterocycles. The first-order valence-electron chi connectivity index (χ1n) is 11.3. The quantitative estimate of drug-likeness (QED) is 0.542. The maximum absolute atomic E-state index is 13.7. The van der Waals surface area contributed by atoms with Crippen LogP contribution in [0.4, 0.5) is 5.69 Å². The highest BCUT2D eigenvalue weighted by molar-refractivity contribution is 8.00. The van der Waals surface area contributed by atoms with E-state index in [1.165, 1.54) is 21.8 Å². The Balaban J connectivity index is 1.48. The maximum atomic E-state index is 13.7. The summed E-state index contributed by atoms with van der Waals surface area (Å²) >= 11 is 2.98. The number of carbonyl (C=O) groups is 2. The number of nitrogens with one attached hydrogen (secondary N) is 1. The normalized spacial score (nSPS) is 32.9. The number of hydrogen-bond donors (Lipinski definition) is 1. The van der Waals surface area contributed by atoms with E-state index in [0.29, 0.717) is 5.69 Å². The molecule has 6 rings (SSSR count). The van der Waals surface area contributed by atoms with Gasteiger partial charge in [-0.2, -0.15) is 0 Å². The largest absolute Gasteiger partial charge is 0.307 e. The molecule has 3 aromatic rings. The minimum atomic E-state index is -0.349. The summed E-state index contributed by atoms with van der Waals surface area (Å²) in [6.45, 7) is 4.25. The van der Waals surface area contributed by atoms with Gasteiger partial charge in [-0.05, 0) is 35.4 Å². The first kappa shape index (κ1) is 20.9. The summed E-state index contributed by atoms with van der Waals surface area (Å²) in [6.07, 6.45) is 0. The van der Waals surface area contributed by atoms with Crippen LogP contribution >= 0.6 is 23.1 Å². The number of aromatic amines is 1. The number of thiazole rings is 1. The first-order valence-corrected chi connectivity index (χ1v) is 13.0. The molecule has 2 aromatic carbocycles. The van der Waals surface area contributed by atoms with Crippen LogP contribution in [-0.2, 0) is 9.59 Å². The molecule has 0 spiro atoms. The van der Waals surface area contributed by atoms with E-state index in [9.17, 15) is 14.4 Å². The molecule has 1 aromatic heterocycles. The van der Waals surface area contributed by atoms with Crippen LogP contribution in [0.25, 0.3) is 0 Å². The molecule has 168 valence electrons. The third-order valence-electron chi connectivity index (χ3n) is 7.77. The SMILES string of the molecule is C[C@H]1[C@H]2Sc3[nH]c(=O)sc3[C@H](c3ccccc3)[C@H]2[C@@H](C)[C@H]2C(=O)N(c3ccccc3)C(=O)[C@@H]12. The Bertz CT molecular complexity index is 1290. The summed E-state index contributed by atoms with van der Waals surface area (Å²) in [5.41, 5.74) is 1.82. The maximum Gasteiger partial charge on any atom is 0.305 e. The molecule has 1 aliphatic carbocycles. The number of carbonyl (C=O) groups excluding carboxylic acids is 2. The lowest BCUT2D eigenvalue weighted by Crippen LogP contribution is -2.50. The summed E-state index contributed by atoms with van der Waals surface area (Å²) in [5.74, 6) is -0.667. The number of thioether (sulfide) groups is 1. The van der Waals surface area contributed by atoms with Gasteiger partial charge in [-0.1, -0.05) is 73.7 Å². The van der Waals surface area contributed by atoms with Gasteiger partial charge in [0.15, 0.2) is 0 Å². The van der Waals surface area contributed by atoms with Crippen molar-refractivity contribution in [3.63, 3.8) is 0 Å². The predicted octanol–water partition coefficient (Wildman–Crippen LogP) is 4.75. The number of nitrogens with zero attached hydrogens (tertiary/aromatic N) is 1. The fourth-order valence-corrected chi connectivity index (χ4v) is 9.25. The molecular weight excluding hydrogens is 452 g/mol. The van der Waals surface area contributed by atoms with Crippen molar-refractivity contribution in [2.75, 3.05) is 4.90 Å². The van der Waals surface area contributed by atoms with E-state index >= 15 is 0 Å². The van der Waals surface area contributed by atoms with E-state index in [2.05, 4.69) is 31.0 Å². The number of amides is 2. The van der Waals surface area contributed by atoms with Gasteiger partial charge in [0.05, 0.1) is 22.5 Å². The molecule has 2 aliphatic heterocycles. The van der Waals surface area contributed by atoms with Crippen molar-refractivity contribution >= 4 is 40.6 Å². The number of imide groups is 1. The van der Waals surface area contributed by atoms with Crippen LogP contribution in [0.2, 0.25) is 0 Å². The molecule has 33 heavy (non-hydrogen) atoms. The Morgan fingerprint density at radius 2 is 1.42 bits per heavy atom. The van der Waals surface area contributed by atoms with Crippen molar-refractivity contribution in [2.45, 2.75) is 30.0 Å². The van der Waals surface area contributed by atoms with Crippen LogP contribution in [0.1, 0.15) is 30.2 Å². The van der Waals surface area contributed by atoms with Crippen LogP contribution < -0.4 is 9.77 Å². The summed E-state index contributed by atoms with van der Waals surface area (Å²) in [5, 5.41) is 1.06. The van der Waals surface area contributed by atoms with Crippen molar-refractivity contribution in [1.82, 2.24) is 4.98 Å². The Morgan fingerprint density at radius 3 is 2.09 bits per heavy atom. The van der Waals surface area contributed by atoms with Gasteiger partial charge in [-0.15, -0.1) is 11.8 Å². The molecule has 1 saturated heterocycles. The van der Waals surface area contributed by atoms with Gasteiger partial charge in [-0.3, -0.25) is 19.3 Å². The average Bonchev–Trinajstić information content (AvgIpc) is 3.32. The highest BCUT2D eigenvalue weighted by atomic mass is 32.2. The minimum Gasteiger partial charge on any atom is -0.307 e. The van der Waals surface area contributed by atoms with Crippen LogP contribution in [0.15, 0.2) is 70.5 Å². The zero-order valence-corrected chi connectivity index (χ0v) is 19.9. The number of anilines is 1. The van der Waals surface area contributed by atoms with E-state index in [1.54, 1.807) is 11.8 Å². The van der Waals surface area contributed by atoms with E-state index in [1.807, 2.05) is 48.5 Å². The predicted molar refractivity (Wildman–Crippen MR) is 131 cm³/mol. The monoisotopic (exact) mass is 476 g/mol. The average molecular weight is 477 g/mol. The van der Waals surface area contributed by atoms with Gasteiger partial charge in [0.2, 0.25) is 11.8 Å². The number of benzene rings is 2. The third kappa shape index (κ3) is 3.02. The Hall–Kier alpha value is -2.64. The van der Waals surface area contributed by atoms with Gasteiger partial charge in [0.1, 0.15) is 0 Å². The second kappa shape index (κ2) is 7.71. The summed E-state index contributed by atoms with van der Waals surface area (Å²) in [7, 11) is 0. The number of fused-ring (bicyclic) bond motifs is 3. The van der Waals surface area contributed by atoms with E-state index < -0.39 is 0 Å². The zero-order valence-electron chi connectivity index (χ0n) is 18.3. The molecule has 7 atom stereocenters. The van der Waals surface area contributed by atoms with Crippen LogP contribution in [0.3, 0.4) is 0 Å². The zero-order chi connectivity index (χ0) is 22.9. The smallest absolute Gasteiger partial charge is 0.305 e. The Morgan fingerprint density at radius 1 is 0.818 bits per heavy atom. The van der Waals surface area contributed by atoms with Crippen molar-refractivity contribution in [2.24, 2.45) is 29.6 Å². The molecule has 2 fully saturated rings. The number of hydrogen-bond acceptors (Lipinski definition) is 5. The van der Waals surface area contributed by atoms with Crippen LogP contribution in [-0.4, -0.2) is 22.0 Å². The number of rotatable bonds is 2. The van der Waals surface area contributed by atoms with Gasteiger partial charge >= 0.3 is 4.87 Å². The first-order chi connectivity index (χ1) is 16.0. The van der Waals surface area contributed by atoms with E-state index in [0.717, 1.165) is 9.90 Å². The van der Waals surface area contributed by atoms with Crippen molar-refractivity contribution < 1.29 is 9.59 Å². The van der Waals surface area contributed by atoms with Crippen LogP contribution in [0, 0.1) is 29.6 Å². The van der Waals surface area contributed by atoms with Gasteiger partial charge < -0.3 is 4.98 Å².